The molecule has 1 fully saturated rings. The van der Waals surface area contributed by atoms with Gasteiger partial charge in [0, 0.05) is 39.0 Å². The molecule has 4 nitrogen and oxygen atoms in total. The maximum Gasteiger partial charge on any atom is 0.500 e. The molecule has 1 saturated heterocycles. The lowest BCUT2D eigenvalue weighted by Crippen LogP contribution is -2.50. The molecular weight excluding hydrogens is 258 g/mol. The van der Waals surface area contributed by atoms with Crippen LogP contribution in [0.4, 0.5) is 5.69 Å². The number of hydrogen-bond donors (Lipinski definition) is 0. The van der Waals surface area contributed by atoms with Crippen LogP contribution in [0.5, 0.6) is 0 Å². The first-order valence-corrected chi connectivity index (χ1v) is 8.66. The lowest BCUT2D eigenvalue weighted by atomic mass is 10.2. The molecule has 0 bridgehead atoms. The van der Waals surface area contributed by atoms with E-state index in [4.69, 9.17) is 13.3 Å². The van der Waals surface area contributed by atoms with Crippen molar-refractivity contribution in [1.82, 2.24) is 0 Å². The average molecular weight is 281 g/mol. The zero-order valence-electron chi connectivity index (χ0n) is 12.0. The molecule has 0 spiro atoms. The summed E-state index contributed by atoms with van der Waals surface area (Å²) in [5, 5.41) is 0. The lowest BCUT2D eigenvalue weighted by molar-refractivity contribution is 0.0924. The van der Waals surface area contributed by atoms with Gasteiger partial charge in [0.1, 0.15) is 0 Å². The highest BCUT2D eigenvalue weighted by Gasteiger charge is 2.42. The van der Waals surface area contributed by atoms with Crippen LogP contribution in [-0.2, 0) is 13.3 Å². The molecule has 0 radical (unpaired) electrons. The first-order chi connectivity index (χ1) is 9.19. The van der Waals surface area contributed by atoms with Crippen molar-refractivity contribution in [2.75, 3.05) is 38.8 Å². The van der Waals surface area contributed by atoms with E-state index in [2.05, 4.69) is 36.1 Å². The largest absolute Gasteiger partial charge is 0.500 e. The van der Waals surface area contributed by atoms with Crippen LogP contribution in [-0.4, -0.2) is 42.7 Å². The Morgan fingerprint density at radius 3 is 2.53 bits per heavy atom. The predicted octanol–water partition coefficient (Wildman–Crippen LogP) is 2.39. The van der Waals surface area contributed by atoms with E-state index in [0.29, 0.717) is 12.5 Å². The molecule has 0 aromatic heterocycles. The Balaban J connectivity index is 2.07. The maximum atomic E-state index is 5.94. The van der Waals surface area contributed by atoms with Gasteiger partial charge < -0.3 is 18.2 Å². The van der Waals surface area contributed by atoms with E-state index in [9.17, 15) is 0 Å². The van der Waals surface area contributed by atoms with E-state index >= 15 is 0 Å². The number of para-hydroxylation sites is 1. The lowest BCUT2D eigenvalue weighted by Gasteiger charge is -2.36. The third-order valence-corrected chi connectivity index (χ3v) is 6.64. The molecule has 1 unspecified atom stereocenters. The predicted molar refractivity (Wildman–Crippen MR) is 78.4 cm³/mol. The molecule has 1 aliphatic heterocycles. The summed E-state index contributed by atoms with van der Waals surface area (Å²) in [5.74, 6) is 0.479. The van der Waals surface area contributed by atoms with Crippen molar-refractivity contribution in [1.29, 1.82) is 0 Å². The van der Waals surface area contributed by atoms with E-state index in [-0.39, 0.29) is 0 Å². The third kappa shape index (κ3) is 3.57. The van der Waals surface area contributed by atoms with Crippen LogP contribution in [0, 0.1) is 5.92 Å². The van der Waals surface area contributed by atoms with Crippen molar-refractivity contribution in [2.45, 2.75) is 13.0 Å². The Bertz CT molecular complexity index is 384. The zero-order valence-corrected chi connectivity index (χ0v) is 13.0. The molecule has 0 aliphatic carbocycles. The molecule has 1 heterocycles. The Morgan fingerprint density at radius 2 is 1.89 bits per heavy atom. The summed E-state index contributed by atoms with van der Waals surface area (Å²) in [6.07, 6.45) is 0. The molecule has 1 aromatic rings. The molecular formula is C14H23NO3Si. The van der Waals surface area contributed by atoms with Gasteiger partial charge in [-0.2, -0.15) is 0 Å². The van der Waals surface area contributed by atoms with E-state index in [0.717, 1.165) is 19.1 Å². The van der Waals surface area contributed by atoms with Gasteiger partial charge in [0.25, 0.3) is 0 Å². The molecule has 1 aliphatic rings. The van der Waals surface area contributed by atoms with Crippen molar-refractivity contribution >= 4 is 14.5 Å². The Kier molecular flexibility index (Phi) is 4.98. The van der Waals surface area contributed by atoms with E-state index in [1.54, 1.807) is 14.2 Å². The fraction of sp³-hybridized carbons (Fsp3) is 0.571. The highest BCUT2D eigenvalue weighted by Crippen LogP contribution is 2.25. The van der Waals surface area contributed by atoms with E-state index in [1.165, 1.54) is 5.69 Å². The Labute approximate surface area is 116 Å². The average Bonchev–Trinajstić information content (AvgIpc) is 2.43. The summed E-state index contributed by atoms with van der Waals surface area (Å²) in [6, 6.07) is 11.3. The van der Waals surface area contributed by atoms with Gasteiger partial charge in [0.05, 0.1) is 6.61 Å². The van der Waals surface area contributed by atoms with Crippen LogP contribution in [0.3, 0.4) is 0 Å². The van der Waals surface area contributed by atoms with Crippen molar-refractivity contribution in [2.24, 2.45) is 5.92 Å². The summed E-state index contributed by atoms with van der Waals surface area (Å²) >= 11 is 0. The second-order valence-corrected chi connectivity index (χ2v) is 7.91. The number of anilines is 1. The molecule has 19 heavy (non-hydrogen) atoms. The van der Waals surface area contributed by atoms with E-state index in [1.807, 2.05) is 6.07 Å². The minimum Gasteiger partial charge on any atom is -0.377 e. The summed E-state index contributed by atoms with van der Waals surface area (Å²) in [4.78, 5) is 2.37. The number of hydrogen-bond acceptors (Lipinski definition) is 4. The van der Waals surface area contributed by atoms with Gasteiger partial charge in [-0.15, -0.1) is 0 Å². The normalized spacial score (nSPS) is 23.7. The van der Waals surface area contributed by atoms with Crippen molar-refractivity contribution < 1.29 is 13.3 Å². The summed E-state index contributed by atoms with van der Waals surface area (Å²) in [5.41, 5.74) is 1.25. The minimum atomic E-state index is -2.43. The zero-order chi connectivity index (χ0) is 13.7. The summed E-state index contributed by atoms with van der Waals surface area (Å²) in [6.45, 7) is 4.75. The molecule has 0 saturated carbocycles. The first-order valence-electron chi connectivity index (χ1n) is 6.73. The van der Waals surface area contributed by atoms with Crippen LogP contribution in [0.25, 0.3) is 0 Å². The molecule has 0 amide bonds. The maximum absolute atomic E-state index is 5.94. The van der Waals surface area contributed by atoms with Crippen molar-refractivity contribution in [3.8, 4) is 0 Å². The highest BCUT2D eigenvalue weighted by molar-refractivity contribution is 6.60. The van der Waals surface area contributed by atoms with Crippen LogP contribution >= 0.6 is 0 Å². The van der Waals surface area contributed by atoms with Crippen LogP contribution in [0.1, 0.15) is 6.92 Å². The quantitative estimate of drug-likeness (QED) is 0.796. The monoisotopic (exact) mass is 281 g/mol. The SMILES string of the molecule is CO[Si]1(OC)CC(C)CN(c2ccccc2)CCO1. The van der Waals surface area contributed by atoms with Gasteiger partial charge in [0.15, 0.2) is 0 Å². The van der Waals surface area contributed by atoms with Gasteiger partial charge in [-0.3, -0.25) is 0 Å². The fourth-order valence-electron chi connectivity index (χ4n) is 2.57. The number of rotatable bonds is 3. The van der Waals surface area contributed by atoms with Gasteiger partial charge in [-0.25, -0.2) is 0 Å². The fourth-order valence-corrected chi connectivity index (χ4v) is 4.81. The summed E-state index contributed by atoms with van der Waals surface area (Å²) < 4.78 is 17.0. The minimum absolute atomic E-state index is 0.479. The summed E-state index contributed by atoms with van der Waals surface area (Å²) in [7, 11) is 0.953. The topological polar surface area (TPSA) is 30.9 Å². The molecule has 0 N–H and O–H groups in total. The molecule has 2 rings (SSSR count). The first kappa shape index (κ1) is 14.5. The number of nitrogens with zero attached hydrogens (tertiary/aromatic N) is 1. The standard InChI is InChI=1S/C14H23NO3Si/c1-13-11-15(14-7-5-4-6-8-14)9-10-18-19(12-13,16-2)17-3/h4-8,13H,9-12H2,1-3H3. The van der Waals surface area contributed by atoms with E-state index < -0.39 is 8.80 Å². The molecule has 1 atom stereocenters. The van der Waals surface area contributed by atoms with Gasteiger partial charge in [-0.1, -0.05) is 25.1 Å². The second kappa shape index (κ2) is 6.52. The molecule has 5 heteroatoms. The van der Waals surface area contributed by atoms with Crippen molar-refractivity contribution in [3.05, 3.63) is 30.3 Å². The Morgan fingerprint density at radius 1 is 1.21 bits per heavy atom. The smallest absolute Gasteiger partial charge is 0.377 e. The van der Waals surface area contributed by atoms with Crippen LogP contribution in [0.2, 0.25) is 6.04 Å². The van der Waals surface area contributed by atoms with Crippen LogP contribution < -0.4 is 4.90 Å². The number of benzene rings is 1. The Hall–Kier alpha value is -0.883. The second-order valence-electron chi connectivity index (χ2n) is 5.03. The molecule has 106 valence electrons. The van der Waals surface area contributed by atoms with Crippen LogP contribution in [0.15, 0.2) is 30.3 Å². The molecule has 1 aromatic carbocycles. The van der Waals surface area contributed by atoms with Gasteiger partial charge >= 0.3 is 8.80 Å². The van der Waals surface area contributed by atoms with Gasteiger partial charge in [0.2, 0.25) is 0 Å². The van der Waals surface area contributed by atoms with Gasteiger partial charge in [-0.05, 0) is 18.1 Å². The highest BCUT2D eigenvalue weighted by atomic mass is 28.4. The van der Waals surface area contributed by atoms with Crippen molar-refractivity contribution in [3.63, 3.8) is 0 Å². The third-order valence-electron chi connectivity index (χ3n) is 3.56.